The van der Waals surface area contributed by atoms with Crippen molar-refractivity contribution >= 4 is 45.5 Å². The number of ether oxygens (including phenoxy) is 1. The maximum absolute atomic E-state index is 12.8. The fraction of sp³-hybridized carbons (Fsp3) is 0.200. The second kappa shape index (κ2) is 8.18. The van der Waals surface area contributed by atoms with Gasteiger partial charge in [0.05, 0.1) is 12.0 Å². The van der Waals surface area contributed by atoms with E-state index in [9.17, 15) is 14.4 Å². The van der Waals surface area contributed by atoms with Crippen molar-refractivity contribution in [3.05, 3.63) is 59.0 Å². The van der Waals surface area contributed by atoms with Gasteiger partial charge in [0.1, 0.15) is 0 Å². The van der Waals surface area contributed by atoms with Gasteiger partial charge in [-0.25, -0.2) is 4.79 Å². The number of amidine groups is 1. The number of hydrogen-bond donors (Lipinski definition) is 0. The zero-order valence-corrected chi connectivity index (χ0v) is 15.8. The molecule has 1 aliphatic rings. The molecule has 1 aliphatic heterocycles. The molecule has 0 aromatic heterocycles. The number of fused-ring (bicyclic) bond motifs is 1. The fourth-order valence-corrected chi connectivity index (χ4v) is 3.70. The Morgan fingerprint density at radius 3 is 2.67 bits per heavy atom. The zero-order chi connectivity index (χ0) is 19.4. The molecule has 2 aromatic rings. The molecule has 138 valence electrons. The van der Waals surface area contributed by atoms with Crippen molar-refractivity contribution in [1.29, 1.82) is 0 Å². The molecule has 27 heavy (non-hydrogen) atoms. The molecule has 1 fully saturated rings. The summed E-state index contributed by atoms with van der Waals surface area (Å²) in [6.45, 7) is 2.33. The highest BCUT2D eigenvalue weighted by Crippen LogP contribution is 2.31. The van der Waals surface area contributed by atoms with Crippen LogP contribution in [-0.2, 0) is 14.3 Å². The number of amides is 2. The Balaban J connectivity index is 1.98. The molecular weight excluding hydrogens is 364 g/mol. The van der Waals surface area contributed by atoms with Crippen molar-refractivity contribution in [2.45, 2.75) is 13.3 Å². The van der Waals surface area contributed by atoms with Gasteiger partial charge < -0.3 is 4.74 Å². The quantitative estimate of drug-likeness (QED) is 0.599. The number of aliphatic imine (C=N–C) groups is 1. The summed E-state index contributed by atoms with van der Waals surface area (Å²) in [6, 6.07) is 13.0. The van der Waals surface area contributed by atoms with E-state index in [1.54, 1.807) is 12.1 Å². The third-order valence-corrected chi connectivity index (χ3v) is 5.01. The maximum atomic E-state index is 12.8. The van der Waals surface area contributed by atoms with Gasteiger partial charge in [0.2, 0.25) is 0 Å². The van der Waals surface area contributed by atoms with Crippen molar-refractivity contribution in [3.63, 3.8) is 0 Å². The topological polar surface area (TPSA) is 76.0 Å². The Morgan fingerprint density at radius 2 is 1.93 bits per heavy atom. The van der Waals surface area contributed by atoms with E-state index < -0.39 is 11.9 Å². The van der Waals surface area contributed by atoms with Gasteiger partial charge in [-0.3, -0.25) is 14.5 Å². The highest BCUT2D eigenvalue weighted by molar-refractivity contribution is 8.18. The minimum atomic E-state index is -0.621. The van der Waals surface area contributed by atoms with E-state index in [0.717, 1.165) is 28.6 Å². The van der Waals surface area contributed by atoms with Crippen LogP contribution in [-0.4, -0.2) is 41.5 Å². The van der Waals surface area contributed by atoms with Gasteiger partial charge in [0.15, 0.2) is 5.17 Å². The van der Waals surface area contributed by atoms with Crippen molar-refractivity contribution in [3.8, 4) is 0 Å². The second-order valence-corrected chi connectivity index (χ2v) is 6.83. The average molecular weight is 382 g/mol. The largest absolute Gasteiger partial charge is 0.466 e. The Kier molecular flexibility index (Phi) is 5.71. The minimum Gasteiger partial charge on any atom is -0.466 e. The molecule has 3 rings (SSSR count). The lowest BCUT2D eigenvalue weighted by molar-refractivity contribution is -0.135. The number of carbonyl (C=O) groups excluding carboxylic acids is 3. The molecule has 1 saturated heterocycles. The lowest BCUT2D eigenvalue weighted by Crippen LogP contribution is -2.30. The monoisotopic (exact) mass is 382 g/mol. The fourth-order valence-electron chi connectivity index (χ4n) is 2.74. The van der Waals surface area contributed by atoms with Crippen LogP contribution >= 0.6 is 11.8 Å². The van der Waals surface area contributed by atoms with E-state index in [2.05, 4.69) is 9.73 Å². The standard InChI is InChI=1S/C20H18N2O4S/c1-3-11-22-19(25)16(12-17(23)26-2)27-20(22)21-18(24)15-10-6-8-13-7-4-5-9-14(13)15/h4-10,12H,3,11H2,1-2H3/b16-12-,21-20?. The van der Waals surface area contributed by atoms with Crippen LogP contribution in [0, 0.1) is 0 Å². The molecule has 0 spiro atoms. The van der Waals surface area contributed by atoms with E-state index in [4.69, 9.17) is 0 Å². The number of benzene rings is 2. The van der Waals surface area contributed by atoms with E-state index in [1.165, 1.54) is 12.0 Å². The van der Waals surface area contributed by atoms with Crippen LogP contribution in [0.2, 0.25) is 0 Å². The Morgan fingerprint density at radius 1 is 1.19 bits per heavy atom. The van der Waals surface area contributed by atoms with Crippen LogP contribution in [0.25, 0.3) is 10.8 Å². The highest BCUT2D eigenvalue weighted by Gasteiger charge is 2.34. The number of rotatable bonds is 4. The van der Waals surface area contributed by atoms with Crippen molar-refractivity contribution in [2.75, 3.05) is 13.7 Å². The minimum absolute atomic E-state index is 0.194. The number of esters is 1. The van der Waals surface area contributed by atoms with Gasteiger partial charge in [-0.05, 0) is 35.0 Å². The molecule has 1 heterocycles. The Labute approximate surface area is 160 Å². The van der Waals surface area contributed by atoms with Crippen LogP contribution in [0.4, 0.5) is 0 Å². The number of hydrogen-bond acceptors (Lipinski definition) is 5. The lowest BCUT2D eigenvalue weighted by atomic mass is 10.0. The van der Waals surface area contributed by atoms with Gasteiger partial charge in [0, 0.05) is 18.2 Å². The molecular formula is C20H18N2O4S. The first-order valence-electron chi connectivity index (χ1n) is 8.45. The molecule has 6 nitrogen and oxygen atoms in total. The zero-order valence-electron chi connectivity index (χ0n) is 15.0. The first-order chi connectivity index (χ1) is 13.0. The first-order valence-corrected chi connectivity index (χ1v) is 9.27. The predicted molar refractivity (Wildman–Crippen MR) is 105 cm³/mol. The van der Waals surface area contributed by atoms with Gasteiger partial charge in [-0.15, -0.1) is 0 Å². The lowest BCUT2D eigenvalue weighted by Gasteiger charge is -2.13. The maximum Gasteiger partial charge on any atom is 0.331 e. The van der Waals surface area contributed by atoms with Crippen LogP contribution in [0.15, 0.2) is 58.4 Å². The number of carbonyl (C=O) groups is 3. The summed E-state index contributed by atoms with van der Waals surface area (Å²) in [5.74, 6) is -1.40. The second-order valence-electron chi connectivity index (χ2n) is 5.82. The summed E-state index contributed by atoms with van der Waals surface area (Å²) >= 11 is 1.00. The van der Waals surface area contributed by atoms with Gasteiger partial charge in [-0.2, -0.15) is 4.99 Å². The third kappa shape index (κ3) is 3.93. The van der Waals surface area contributed by atoms with Gasteiger partial charge in [0.25, 0.3) is 11.8 Å². The molecule has 0 saturated carbocycles. The van der Waals surface area contributed by atoms with Gasteiger partial charge in [-0.1, -0.05) is 43.3 Å². The molecule has 7 heteroatoms. The molecule has 0 radical (unpaired) electrons. The third-order valence-electron chi connectivity index (χ3n) is 4.00. The van der Waals surface area contributed by atoms with Crippen molar-refractivity contribution < 1.29 is 19.1 Å². The Bertz CT molecular complexity index is 976. The molecule has 0 aliphatic carbocycles. The number of thioether (sulfide) groups is 1. The summed E-state index contributed by atoms with van der Waals surface area (Å²) < 4.78 is 4.58. The van der Waals surface area contributed by atoms with Crippen molar-refractivity contribution in [2.24, 2.45) is 4.99 Å². The molecule has 2 amide bonds. The van der Waals surface area contributed by atoms with E-state index in [0.29, 0.717) is 18.5 Å². The van der Waals surface area contributed by atoms with E-state index >= 15 is 0 Å². The highest BCUT2D eigenvalue weighted by atomic mass is 32.2. The summed E-state index contributed by atoms with van der Waals surface area (Å²) in [6.07, 6.45) is 1.82. The summed E-state index contributed by atoms with van der Waals surface area (Å²) in [4.78, 5) is 42.6. The van der Waals surface area contributed by atoms with Gasteiger partial charge >= 0.3 is 5.97 Å². The molecule has 0 atom stereocenters. The molecule has 2 aromatic carbocycles. The molecule has 0 unspecified atom stereocenters. The van der Waals surface area contributed by atoms with Crippen LogP contribution < -0.4 is 0 Å². The summed E-state index contributed by atoms with van der Waals surface area (Å²) in [7, 11) is 1.24. The van der Waals surface area contributed by atoms with E-state index in [1.807, 2.05) is 37.3 Å². The smallest absolute Gasteiger partial charge is 0.331 e. The Hall–Kier alpha value is -2.93. The van der Waals surface area contributed by atoms with Crippen LogP contribution in [0.5, 0.6) is 0 Å². The predicted octanol–water partition coefficient (Wildman–Crippen LogP) is 3.38. The SMILES string of the molecule is CCCN1C(=O)/C(=C/C(=O)OC)SC1=NC(=O)c1cccc2ccccc12. The first kappa shape index (κ1) is 18.8. The van der Waals surface area contributed by atoms with Crippen molar-refractivity contribution in [1.82, 2.24) is 4.90 Å². The van der Waals surface area contributed by atoms with Crippen LogP contribution in [0.1, 0.15) is 23.7 Å². The molecule has 0 bridgehead atoms. The van der Waals surface area contributed by atoms with Crippen LogP contribution in [0.3, 0.4) is 0 Å². The average Bonchev–Trinajstić information content (AvgIpc) is 2.96. The number of nitrogens with zero attached hydrogens (tertiary/aromatic N) is 2. The normalized spacial score (nSPS) is 17.1. The summed E-state index contributed by atoms with van der Waals surface area (Å²) in [5.41, 5.74) is 0.468. The number of methoxy groups -OCH3 is 1. The van der Waals surface area contributed by atoms with E-state index in [-0.39, 0.29) is 16.0 Å². The molecule has 0 N–H and O–H groups in total. The summed E-state index contributed by atoms with van der Waals surface area (Å²) in [5, 5.41) is 2.02.